The van der Waals surface area contributed by atoms with Gasteiger partial charge in [-0.25, -0.2) is 0 Å². The number of aryl methyl sites for hydroxylation is 2. The highest BCUT2D eigenvalue weighted by molar-refractivity contribution is 7.99. The smallest absolute Gasteiger partial charge is 0.242 e. The first kappa shape index (κ1) is 25.9. The number of carbonyl (C=O) groups is 2. The van der Waals surface area contributed by atoms with E-state index in [1.807, 2.05) is 42.5 Å². The number of hydrogen-bond acceptors (Lipinski definition) is 3. The molecule has 0 spiro atoms. The van der Waals surface area contributed by atoms with E-state index in [2.05, 4.69) is 37.4 Å². The van der Waals surface area contributed by atoms with E-state index in [9.17, 15) is 9.59 Å². The Labute approximate surface area is 211 Å². The van der Waals surface area contributed by atoms with Crippen molar-refractivity contribution < 1.29 is 9.59 Å². The van der Waals surface area contributed by atoms with Crippen LogP contribution in [0.2, 0.25) is 5.02 Å². The number of nitrogens with zero attached hydrogens (tertiary/aromatic N) is 1. The summed E-state index contributed by atoms with van der Waals surface area (Å²) in [6, 6.07) is 23.0. The minimum atomic E-state index is -0.614. The quantitative estimate of drug-likeness (QED) is 0.400. The molecule has 0 saturated carbocycles. The second-order valence-corrected chi connectivity index (χ2v) is 9.88. The third-order valence-electron chi connectivity index (χ3n) is 5.56. The van der Waals surface area contributed by atoms with Crippen LogP contribution in [-0.2, 0) is 28.3 Å². The highest BCUT2D eigenvalue weighted by atomic mass is 35.5. The van der Waals surface area contributed by atoms with Gasteiger partial charge in [0, 0.05) is 30.8 Å². The number of carbonyl (C=O) groups excluding carboxylic acids is 2. The lowest BCUT2D eigenvalue weighted by Gasteiger charge is -2.31. The summed E-state index contributed by atoms with van der Waals surface area (Å²) in [5, 5.41) is 3.39. The van der Waals surface area contributed by atoms with E-state index in [4.69, 9.17) is 11.6 Å². The van der Waals surface area contributed by atoms with E-state index in [-0.39, 0.29) is 11.8 Å². The van der Waals surface area contributed by atoms with Gasteiger partial charge in [0.1, 0.15) is 6.04 Å². The van der Waals surface area contributed by atoms with Crippen molar-refractivity contribution in [3.05, 3.63) is 106 Å². The Morgan fingerprint density at radius 2 is 1.56 bits per heavy atom. The molecule has 3 aromatic carbocycles. The summed E-state index contributed by atoms with van der Waals surface area (Å²) in [5.74, 6) is 0.800. The zero-order chi connectivity index (χ0) is 24.5. The first-order valence-electron chi connectivity index (χ1n) is 11.3. The van der Waals surface area contributed by atoms with Crippen LogP contribution in [0.4, 0.5) is 0 Å². The van der Waals surface area contributed by atoms with Gasteiger partial charge >= 0.3 is 0 Å². The molecule has 34 heavy (non-hydrogen) atoms. The molecule has 0 aromatic heterocycles. The summed E-state index contributed by atoms with van der Waals surface area (Å²) in [6.45, 7) is 4.50. The molecule has 1 N–H and O–H groups in total. The summed E-state index contributed by atoms with van der Waals surface area (Å²) in [6.07, 6.45) is 0.446. The molecule has 0 heterocycles. The van der Waals surface area contributed by atoms with Gasteiger partial charge in [-0.2, -0.15) is 0 Å². The van der Waals surface area contributed by atoms with Crippen molar-refractivity contribution in [2.75, 3.05) is 12.8 Å². The van der Waals surface area contributed by atoms with Gasteiger partial charge in [-0.3, -0.25) is 9.59 Å². The number of nitrogens with one attached hydrogen (secondary N) is 1. The number of halogens is 1. The first-order chi connectivity index (χ1) is 16.4. The maximum Gasteiger partial charge on any atom is 0.242 e. The van der Waals surface area contributed by atoms with E-state index in [0.29, 0.717) is 23.7 Å². The van der Waals surface area contributed by atoms with E-state index < -0.39 is 6.04 Å². The lowest BCUT2D eigenvalue weighted by atomic mass is 10.0. The van der Waals surface area contributed by atoms with Crippen LogP contribution < -0.4 is 5.32 Å². The molecule has 0 unspecified atom stereocenters. The Morgan fingerprint density at radius 3 is 2.18 bits per heavy atom. The van der Waals surface area contributed by atoms with Crippen molar-refractivity contribution in [3.8, 4) is 0 Å². The molecule has 0 radical (unpaired) electrons. The average Bonchev–Trinajstić information content (AvgIpc) is 2.82. The zero-order valence-corrected chi connectivity index (χ0v) is 21.5. The van der Waals surface area contributed by atoms with Gasteiger partial charge in [0.05, 0.1) is 5.75 Å². The third kappa shape index (κ3) is 7.64. The second-order valence-electron chi connectivity index (χ2n) is 8.46. The number of amides is 2. The Balaban J connectivity index is 1.80. The van der Waals surface area contributed by atoms with Crippen molar-refractivity contribution in [2.45, 2.75) is 38.6 Å². The van der Waals surface area contributed by atoms with Crippen molar-refractivity contribution in [3.63, 3.8) is 0 Å². The highest BCUT2D eigenvalue weighted by Crippen LogP contribution is 2.20. The Hall–Kier alpha value is -2.76. The fourth-order valence-electron chi connectivity index (χ4n) is 4.00. The fourth-order valence-corrected chi connectivity index (χ4v) is 4.97. The Kier molecular flexibility index (Phi) is 9.61. The minimum Gasteiger partial charge on any atom is -0.357 e. The van der Waals surface area contributed by atoms with Crippen LogP contribution in [0.15, 0.2) is 72.8 Å². The fraction of sp³-hybridized carbons (Fsp3) is 0.286. The maximum absolute atomic E-state index is 13.5. The van der Waals surface area contributed by atoms with Crippen LogP contribution in [-0.4, -0.2) is 35.6 Å². The van der Waals surface area contributed by atoms with Crippen LogP contribution in [0.5, 0.6) is 0 Å². The Morgan fingerprint density at radius 1 is 0.912 bits per heavy atom. The average molecular weight is 495 g/mol. The van der Waals surface area contributed by atoms with Crippen LogP contribution in [0.25, 0.3) is 0 Å². The molecule has 2 amide bonds. The van der Waals surface area contributed by atoms with Crippen molar-refractivity contribution in [2.24, 2.45) is 0 Å². The predicted octanol–water partition coefficient (Wildman–Crippen LogP) is 5.58. The standard InChI is InChI=1S/C28H31ClN2O2S/c1-20-13-21(2)15-24(14-20)18-34-19-27(32)31(17-23-9-11-25(29)12-10-23)26(28(33)30-3)16-22-7-5-4-6-8-22/h4-15,26H,16-19H2,1-3H3,(H,30,33)/t26-/m1/s1. The molecule has 178 valence electrons. The van der Waals surface area contributed by atoms with Crippen LogP contribution in [0.1, 0.15) is 27.8 Å². The summed E-state index contributed by atoms with van der Waals surface area (Å²) >= 11 is 7.63. The molecule has 3 rings (SSSR count). The van der Waals surface area contributed by atoms with Gasteiger partial charge in [0.25, 0.3) is 0 Å². The number of rotatable bonds is 10. The summed E-state index contributed by atoms with van der Waals surface area (Å²) in [5.41, 5.74) is 5.57. The first-order valence-corrected chi connectivity index (χ1v) is 12.8. The number of thioether (sulfide) groups is 1. The molecule has 0 bridgehead atoms. The normalized spacial score (nSPS) is 11.6. The lowest BCUT2D eigenvalue weighted by Crippen LogP contribution is -2.50. The molecule has 1 atom stereocenters. The van der Waals surface area contributed by atoms with Crippen molar-refractivity contribution >= 4 is 35.2 Å². The summed E-state index contributed by atoms with van der Waals surface area (Å²) < 4.78 is 0. The molecule has 0 fully saturated rings. The van der Waals surface area contributed by atoms with E-state index in [1.165, 1.54) is 16.7 Å². The van der Waals surface area contributed by atoms with Crippen LogP contribution in [0, 0.1) is 13.8 Å². The number of likely N-dealkylation sites (N-methyl/N-ethyl adjacent to an activating group) is 1. The predicted molar refractivity (Wildman–Crippen MR) is 142 cm³/mol. The molecule has 0 aliphatic heterocycles. The second kappa shape index (κ2) is 12.6. The molecule has 0 aliphatic rings. The van der Waals surface area contributed by atoms with Gasteiger partial charge < -0.3 is 10.2 Å². The number of benzene rings is 3. The van der Waals surface area contributed by atoms with Gasteiger partial charge in [-0.15, -0.1) is 11.8 Å². The van der Waals surface area contributed by atoms with Gasteiger partial charge in [0.15, 0.2) is 0 Å². The summed E-state index contributed by atoms with van der Waals surface area (Å²) in [7, 11) is 1.61. The summed E-state index contributed by atoms with van der Waals surface area (Å²) in [4.78, 5) is 28.1. The minimum absolute atomic E-state index is 0.0612. The van der Waals surface area contributed by atoms with E-state index in [0.717, 1.165) is 16.9 Å². The van der Waals surface area contributed by atoms with Gasteiger partial charge in [0.2, 0.25) is 11.8 Å². The third-order valence-corrected chi connectivity index (χ3v) is 6.80. The zero-order valence-electron chi connectivity index (χ0n) is 19.9. The molecule has 3 aromatic rings. The van der Waals surface area contributed by atoms with E-state index in [1.54, 1.807) is 35.8 Å². The van der Waals surface area contributed by atoms with Gasteiger partial charge in [-0.1, -0.05) is 83.4 Å². The molecular formula is C28H31ClN2O2S. The number of hydrogen-bond donors (Lipinski definition) is 1. The Bertz CT molecular complexity index is 1080. The lowest BCUT2D eigenvalue weighted by molar-refractivity contribution is -0.139. The maximum atomic E-state index is 13.5. The topological polar surface area (TPSA) is 49.4 Å². The molecular weight excluding hydrogens is 464 g/mol. The SMILES string of the molecule is CNC(=O)[C@@H](Cc1ccccc1)N(Cc1ccc(Cl)cc1)C(=O)CSCc1cc(C)cc(C)c1. The highest BCUT2D eigenvalue weighted by Gasteiger charge is 2.29. The molecule has 0 aliphatic carbocycles. The molecule has 4 nitrogen and oxygen atoms in total. The largest absolute Gasteiger partial charge is 0.357 e. The molecule has 6 heteroatoms. The van der Waals surface area contributed by atoms with Crippen molar-refractivity contribution in [1.82, 2.24) is 10.2 Å². The van der Waals surface area contributed by atoms with Crippen LogP contribution in [0.3, 0.4) is 0 Å². The van der Waals surface area contributed by atoms with Crippen LogP contribution >= 0.6 is 23.4 Å². The van der Waals surface area contributed by atoms with E-state index >= 15 is 0 Å². The monoisotopic (exact) mass is 494 g/mol. The van der Waals surface area contributed by atoms with Gasteiger partial charge in [-0.05, 0) is 42.7 Å². The molecule has 0 saturated heterocycles. The van der Waals surface area contributed by atoms with Crippen molar-refractivity contribution in [1.29, 1.82) is 0 Å².